The maximum absolute atomic E-state index is 11.0. The molecular formula is C15H16N2O3. The first-order valence-electron chi connectivity index (χ1n) is 6.22. The van der Waals surface area contributed by atoms with Crippen LogP contribution < -0.4 is 10.1 Å². The minimum Gasteiger partial charge on any atom is -0.497 e. The van der Waals surface area contributed by atoms with Crippen LogP contribution in [-0.2, 0) is 6.54 Å². The van der Waals surface area contributed by atoms with Gasteiger partial charge in [0.05, 0.1) is 12.0 Å². The average Bonchev–Trinajstić information content (AvgIpc) is 2.44. The summed E-state index contributed by atoms with van der Waals surface area (Å²) in [5.41, 5.74) is 2.72. The lowest BCUT2D eigenvalue weighted by Crippen LogP contribution is -2.03. The Kier molecular flexibility index (Phi) is 4.20. The third-order valence-corrected chi connectivity index (χ3v) is 2.97. The number of benzene rings is 2. The summed E-state index contributed by atoms with van der Waals surface area (Å²) in [6, 6.07) is 12.6. The lowest BCUT2D eigenvalue weighted by molar-refractivity contribution is -0.384. The van der Waals surface area contributed by atoms with Crippen molar-refractivity contribution < 1.29 is 9.66 Å². The quantitative estimate of drug-likeness (QED) is 0.668. The van der Waals surface area contributed by atoms with Gasteiger partial charge in [-0.25, -0.2) is 0 Å². The maximum Gasteiger partial charge on any atom is 0.292 e. The molecule has 0 saturated carbocycles. The van der Waals surface area contributed by atoms with Gasteiger partial charge in [-0.3, -0.25) is 10.1 Å². The Balaban J connectivity index is 2.21. The molecule has 0 aliphatic carbocycles. The van der Waals surface area contributed by atoms with Gasteiger partial charge >= 0.3 is 0 Å². The van der Waals surface area contributed by atoms with E-state index in [-0.39, 0.29) is 5.69 Å². The zero-order valence-corrected chi connectivity index (χ0v) is 11.4. The molecule has 0 spiro atoms. The van der Waals surface area contributed by atoms with Crippen LogP contribution in [-0.4, -0.2) is 12.0 Å². The fourth-order valence-corrected chi connectivity index (χ4v) is 1.96. The highest BCUT2D eigenvalue weighted by molar-refractivity contribution is 5.64. The standard InChI is InChI=1S/C15H16N2O3/c1-11-4-3-5-12(8-11)10-16-14-9-13(20-2)6-7-15(14)17(18)19/h3-9,16H,10H2,1-2H3. The summed E-state index contributed by atoms with van der Waals surface area (Å²) < 4.78 is 5.10. The Labute approximate surface area is 117 Å². The van der Waals surface area contributed by atoms with Crippen molar-refractivity contribution in [2.45, 2.75) is 13.5 Å². The first kappa shape index (κ1) is 13.9. The van der Waals surface area contributed by atoms with Crippen molar-refractivity contribution in [3.8, 4) is 5.75 Å². The molecule has 0 aliphatic rings. The number of nitrogens with zero attached hydrogens (tertiary/aromatic N) is 1. The van der Waals surface area contributed by atoms with Gasteiger partial charge in [0.15, 0.2) is 0 Å². The van der Waals surface area contributed by atoms with Crippen LogP contribution in [0.15, 0.2) is 42.5 Å². The van der Waals surface area contributed by atoms with Crippen molar-refractivity contribution in [1.82, 2.24) is 0 Å². The number of ether oxygens (including phenoxy) is 1. The Morgan fingerprint density at radius 2 is 2.05 bits per heavy atom. The summed E-state index contributed by atoms with van der Waals surface area (Å²) in [5.74, 6) is 0.586. The number of nitro benzene ring substituents is 1. The summed E-state index contributed by atoms with van der Waals surface area (Å²) in [5, 5.41) is 14.1. The highest BCUT2D eigenvalue weighted by Crippen LogP contribution is 2.29. The molecule has 0 bridgehead atoms. The van der Waals surface area contributed by atoms with Gasteiger partial charge in [-0.2, -0.15) is 0 Å². The van der Waals surface area contributed by atoms with Gasteiger partial charge in [-0.05, 0) is 18.6 Å². The predicted molar refractivity (Wildman–Crippen MR) is 78.2 cm³/mol. The van der Waals surface area contributed by atoms with E-state index in [0.717, 1.165) is 11.1 Å². The molecule has 2 aromatic rings. The van der Waals surface area contributed by atoms with E-state index in [0.29, 0.717) is 18.0 Å². The van der Waals surface area contributed by atoms with Crippen molar-refractivity contribution in [2.75, 3.05) is 12.4 Å². The monoisotopic (exact) mass is 272 g/mol. The molecule has 2 rings (SSSR count). The molecule has 104 valence electrons. The molecule has 2 aromatic carbocycles. The van der Waals surface area contributed by atoms with E-state index in [2.05, 4.69) is 5.32 Å². The molecule has 0 aliphatic heterocycles. The number of nitrogens with one attached hydrogen (secondary N) is 1. The number of methoxy groups -OCH3 is 1. The van der Waals surface area contributed by atoms with Crippen molar-refractivity contribution in [3.05, 3.63) is 63.7 Å². The highest BCUT2D eigenvalue weighted by Gasteiger charge is 2.14. The van der Waals surface area contributed by atoms with Gasteiger partial charge in [-0.15, -0.1) is 0 Å². The van der Waals surface area contributed by atoms with Gasteiger partial charge in [0.25, 0.3) is 5.69 Å². The molecule has 5 heteroatoms. The SMILES string of the molecule is COc1ccc([N+](=O)[O-])c(NCc2cccc(C)c2)c1. The second-order valence-corrected chi connectivity index (χ2v) is 4.48. The van der Waals surface area contributed by atoms with E-state index < -0.39 is 4.92 Å². The maximum atomic E-state index is 11.0. The molecule has 0 radical (unpaired) electrons. The zero-order chi connectivity index (χ0) is 14.5. The second-order valence-electron chi connectivity index (χ2n) is 4.48. The number of nitro groups is 1. The molecule has 1 N–H and O–H groups in total. The van der Waals surface area contributed by atoms with Gasteiger partial charge in [0, 0.05) is 18.7 Å². The first-order valence-corrected chi connectivity index (χ1v) is 6.22. The van der Waals surface area contributed by atoms with Gasteiger partial charge in [0.2, 0.25) is 0 Å². The largest absolute Gasteiger partial charge is 0.497 e. The minimum atomic E-state index is -0.405. The lowest BCUT2D eigenvalue weighted by atomic mass is 10.1. The molecule has 0 atom stereocenters. The summed E-state index contributed by atoms with van der Waals surface area (Å²) >= 11 is 0. The summed E-state index contributed by atoms with van der Waals surface area (Å²) in [4.78, 5) is 10.6. The van der Waals surface area contributed by atoms with E-state index in [9.17, 15) is 10.1 Å². The number of hydrogen-bond donors (Lipinski definition) is 1. The molecule has 5 nitrogen and oxygen atoms in total. The molecule has 0 fully saturated rings. The smallest absolute Gasteiger partial charge is 0.292 e. The van der Waals surface area contributed by atoms with Crippen LogP contribution >= 0.6 is 0 Å². The minimum absolute atomic E-state index is 0.0402. The van der Waals surface area contributed by atoms with Crippen LogP contribution in [0.2, 0.25) is 0 Å². The number of anilines is 1. The molecule has 0 aromatic heterocycles. The molecule has 0 amide bonds. The van der Waals surface area contributed by atoms with Crippen LogP contribution in [0.3, 0.4) is 0 Å². The van der Waals surface area contributed by atoms with E-state index in [4.69, 9.17) is 4.74 Å². The van der Waals surface area contributed by atoms with Crippen molar-refractivity contribution in [2.24, 2.45) is 0 Å². The summed E-state index contributed by atoms with van der Waals surface area (Å²) in [7, 11) is 1.53. The molecule has 20 heavy (non-hydrogen) atoms. The first-order chi connectivity index (χ1) is 9.60. The Morgan fingerprint density at radius 3 is 2.70 bits per heavy atom. The van der Waals surface area contributed by atoms with Gasteiger partial charge < -0.3 is 10.1 Å². The van der Waals surface area contributed by atoms with Crippen molar-refractivity contribution >= 4 is 11.4 Å². The predicted octanol–water partition coefficient (Wildman–Crippen LogP) is 3.52. The molecular weight excluding hydrogens is 256 g/mol. The van der Waals surface area contributed by atoms with Gasteiger partial charge in [0.1, 0.15) is 11.4 Å². The lowest BCUT2D eigenvalue weighted by Gasteiger charge is -2.09. The number of rotatable bonds is 5. The number of hydrogen-bond acceptors (Lipinski definition) is 4. The molecule has 0 unspecified atom stereocenters. The van der Waals surface area contributed by atoms with Crippen molar-refractivity contribution in [1.29, 1.82) is 0 Å². The van der Waals surface area contributed by atoms with E-state index >= 15 is 0 Å². The zero-order valence-electron chi connectivity index (χ0n) is 11.4. The molecule has 0 heterocycles. The van der Waals surface area contributed by atoms with Crippen molar-refractivity contribution in [3.63, 3.8) is 0 Å². The fourth-order valence-electron chi connectivity index (χ4n) is 1.96. The highest BCUT2D eigenvalue weighted by atomic mass is 16.6. The van der Waals surface area contributed by atoms with E-state index in [1.165, 1.54) is 13.2 Å². The normalized spacial score (nSPS) is 10.1. The van der Waals surface area contributed by atoms with E-state index in [1.54, 1.807) is 12.1 Å². The fraction of sp³-hybridized carbons (Fsp3) is 0.200. The second kappa shape index (κ2) is 6.06. The Morgan fingerprint density at radius 1 is 1.25 bits per heavy atom. The van der Waals surface area contributed by atoms with Gasteiger partial charge in [-0.1, -0.05) is 29.8 Å². The third kappa shape index (κ3) is 3.26. The number of aryl methyl sites for hydroxylation is 1. The van der Waals surface area contributed by atoms with Crippen LogP contribution in [0, 0.1) is 17.0 Å². The molecule has 0 saturated heterocycles. The van der Waals surface area contributed by atoms with Crippen LogP contribution in [0.4, 0.5) is 11.4 Å². The average molecular weight is 272 g/mol. The summed E-state index contributed by atoms with van der Waals surface area (Å²) in [6.45, 7) is 2.53. The van der Waals surface area contributed by atoms with Crippen LogP contribution in [0.25, 0.3) is 0 Å². The third-order valence-electron chi connectivity index (χ3n) is 2.97. The Bertz CT molecular complexity index is 626. The van der Waals surface area contributed by atoms with Crippen LogP contribution in [0.5, 0.6) is 5.75 Å². The Hall–Kier alpha value is -2.56. The van der Waals surface area contributed by atoms with Crippen LogP contribution in [0.1, 0.15) is 11.1 Å². The topological polar surface area (TPSA) is 64.4 Å². The summed E-state index contributed by atoms with van der Waals surface area (Å²) in [6.07, 6.45) is 0. The van der Waals surface area contributed by atoms with E-state index in [1.807, 2.05) is 31.2 Å².